The molecule has 0 amide bonds. The topological polar surface area (TPSA) is 18.5 Å². The van der Waals surface area contributed by atoms with E-state index in [-0.39, 0.29) is 5.41 Å². The zero-order valence-electron chi connectivity index (χ0n) is 16.0. The Hall–Kier alpha value is 1.10. The Morgan fingerprint density at radius 3 is 2.19 bits per heavy atom. The van der Waals surface area contributed by atoms with Crippen molar-refractivity contribution in [2.45, 2.75) is 78.1 Å². The minimum Gasteiger partial charge on any atom is -0.321 e. The second-order valence-corrected chi connectivity index (χ2v) is 16.6. The molecule has 0 aromatic heterocycles. The highest BCUT2D eigenvalue weighted by atomic mass is 32.9. The number of hydrogen-bond acceptors (Lipinski definition) is 6. The zero-order valence-corrected chi connectivity index (χ0v) is 20.1. The van der Waals surface area contributed by atoms with Crippen molar-refractivity contribution >= 4 is 57.1 Å². The summed E-state index contributed by atoms with van der Waals surface area (Å²) >= 11 is 15.3. The largest absolute Gasteiger partial charge is 0.321 e. The lowest BCUT2D eigenvalue weighted by atomic mass is 9.91. The van der Waals surface area contributed by atoms with Gasteiger partial charge in [-0.2, -0.15) is 0 Å². The highest BCUT2D eigenvalue weighted by molar-refractivity contribution is 8.72. The molecule has 3 aliphatic rings. The summed E-state index contributed by atoms with van der Waals surface area (Å²) in [5.41, 5.74) is -0.693. The maximum Gasteiger partial charge on any atom is 0.252 e. The van der Waals surface area contributed by atoms with Gasteiger partial charge in [0.25, 0.3) is 5.69 Å². The molecule has 0 aromatic carbocycles. The first-order valence-electron chi connectivity index (χ1n) is 9.89. The van der Waals surface area contributed by atoms with Gasteiger partial charge in [0.05, 0.1) is 21.6 Å². The van der Waals surface area contributed by atoms with Crippen LogP contribution in [0.4, 0.5) is 0 Å². The van der Waals surface area contributed by atoms with Crippen molar-refractivity contribution in [3.8, 4) is 0 Å². The fourth-order valence-corrected chi connectivity index (χ4v) is 11.6. The van der Waals surface area contributed by atoms with Crippen LogP contribution in [-0.2, 0) is 20.9 Å². The molecule has 7 heteroatoms. The van der Waals surface area contributed by atoms with Crippen molar-refractivity contribution in [2.75, 3.05) is 13.2 Å². The summed E-state index contributed by atoms with van der Waals surface area (Å²) in [5.74, 6) is 0.593. The van der Waals surface area contributed by atoms with Gasteiger partial charge in [0.1, 0.15) is 0 Å². The molecule has 148 valence electrons. The lowest BCUT2D eigenvalue weighted by Crippen LogP contribution is -2.28. The molecule has 0 radical (unpaired) electrons. The predicted octanol–water partition coefficient (Wildman–Crippen LogP) is 7.83. The summed E-state index contributed by atoms with van der Waals surface area (Å²) in [5, 5.41) is 0. The average Bonchev–Trinajstić information content (AvgIpc) is 2.65. The average molecular weight is 451 g/mol. The quantitative estimate of drug-likeness (QED) is 0.318. The molecular weight excluding hydrogens is 419 g/mol. The van der Waals surface area contributed by atoms with E-state index in [4.69, 9.17) is 33.1 Å². The van der Waals surface area contributed by atoms with Crippen LogP contribution < -0.4 is 0 Å². The Labute approximate surface area is 177 Å². The van der Waals surface area contributed by atoms with Gasteiger partial charge in [-0.15, -0.1) is 0 Å². The van der Waals surface area contributed by atoms with Crippen LogP contribution in [0.1, 0.15) is 78.1 Å². The van der Waals surface area contributed by atoms with Gasteiger partial charge >= 0.3 is 0 Å². The van der Waals surface area contributed by atoms with Gasteiger partial charge in [-0.3, -0.25) is 0 Å². The number of rotatable bonds is 4. The van der Waals surface area contributed by atoms with Crippen LogP contribution in [0.2, 0.25) is 0 Å². The van der Waals surface area contributed by atoms with E-state index in [2.05, 4.69) is 13.8 Å². The van der Waals surface area contributed by atoms with Gasteiger partial charge in [-0.05, 0) is 67.3 Å². The Bertz CT molecular complexity index is 574. The molecule has 3 fully saturated rings. The molecule has 0 N–H and O–H groups in total. The Kier molecular flexibility index (Phi) is 8.16. The molecule has 26 heavy (non-hydrogen) atoms. The van der Waals surface area contributed by atoms with Crippen molar-refractivity contribution in [3.05, 3.63) is 9.81 Å². The second-order valence-electron chi connectivity index (χ2n) is 8.46. The molecule has 3 rings (SSSR count). The van der Waals surface area contributed by atoms with E-state index >= 15 is 0 Å². The molecule has 1 saturated heterocycles. The lowest BCUT2D eigenvalue weighted by Gasteiger charge is -2.36. The third-order valence-corrected chi connectivity index (χ3v) is 12.5. The molecular formula is C19H31O2PS4. The highest BCUT2D eigenvalue weighted by Crippen LogP contribution is 2.69. The van der Waals surface area contributed by atoms with Crippen LogP contribution in [0.15, 0.2) is 9.81 Å². The molecule has 2 nitrogen and oxygen atoms in total. The van der Waals surface area contributed by atoms with Crippen molar-refractivity contribution < 1.29 is 9.05 Å². The van der Waals surface area contributed by atoms with Crippen LogP contribution in [0, 0.1) is 11.3 Å². The van der Waals surface area contributed by atoms with Gasteiger partial charge in [0, 0.05) is 11.3 Å². The van der Waals surface area contributed by atoms with Crippen LogP contribution >= 0.6 is 41.1 Å². The molecule has 2 saturated carbocycles. The minimum atomic E-state index is -2.30. The van der Waals surface area contributed by atoms with Crippen LogP contribution in [0.25, 0.3) is 0 Å². The number of thiocarbonyl (C=S) groups is 1. The molecule has 0 unspecified atom stereocenters. The first kappa shape index (κ1) is 21.8. The molecule has 0 bridgehead atoms. The summed E-state index contributed by atoms with van der Waals surface area (Å²) in [6.45, 7) is 5.73. The van der Waals surface area contributed by atoms with Crippen molar-refractivity contribution in [1.82, 2.24) is 0 Å². The first-order chi connectivity index (χ1) is 12.4. The summed E-state index contributed by atoms with van der Waals surface area (Å²) in [7, 11) is 0. The smallest absolute Gasteiger partial charge is 0.252 e. The van der Waals surface area contributed by atoms with Gasteiger partial charge in [0.2, 0.25) is 0 Å². The molecule has 1 heterocycles. The Morgan fingerprint density at radius 2 is 1.58 bits per heavy atom. The third kappa shape index (κ3) is 6.30. The maximum atomic E-state index is 6.10. The number of allylic oxidation sites excluding steroid dienone is 1. The Balaban J connectivity index is 1.71. The molecule has 2 aliphatic carbocycles. The van der Waals surface area contributed by atoms with Gasteiger partial charge in [0.15, 0.2) is 0 Å². The Morgan fingerprint density at radius 1 is 1.00 bits per heavy atom. The number of hydrogen-bond donors (Lipinski definition) is 0. The zero-order chi connectivity index (χ0) is 18.6. The van der Waals surface area contributed by atoms with Crippen molar-refractivity contribution in [3.63, 3.8) is 0 Å². The van der Waals surface area contributed by atoms with E-state index < -0.39 is 5.69 Å². The molecule has 0 atom stereocenters. The maximum absolute atomic E-state index is 6.10. The fraction of sp³-hybridized carbons (Fsp3) is 0.842. The van der Waals surface area contributed by atoms with E-state index in [1.54, 1.807) is 17.0 Å². The van der Waals surface area contributed by atoms with Crippen LogP contribution in [0.5, 0.6) is 0 Å². The SMILES string of the molecule is CC1(C)COP(=S)(SC(SC(=S)C2CCCCC2)=C2CCCCC2)OC1. The fourth-order valence-electron chi connectivity index (χ4n) is 3.59. The first-order valence-corrected chi connectivity index (χ1v) is 15.2. The van der Waals surface area contributed by atoms with Crippen LogP contribution in [-0.4, -0.2) is 17.4 Å². The predicted molar refractivity (Wildman–Crippen MR) is 124 cm³/mol. The second kappa shape index (κ2) is 9.73. The lowest BCUT2D eigenvalue weighted by molar-refractivity contribution is 0.0672. The van der Waals surface area contributed by atoms with Crippen molar-refractivity contribution in [2.24, 2.45) is 11.3 Å². The third-order valence-electron chi connectivity index (χ3n) is 5.30. The van der Waals surface area contributed by atoms with E-state index in [9.17, 15) is 0 Å². The minimum absolute atomic E-state index is 0.0611. The monoisotopic (exact) mass is 450 g/mol. The molecule has 1 aliphatic heterocycles. The summed E-state index contributed by atoms with van der Waals surface area (Å²) in [6.07, 6.45) is 12.8. The summed E-state index contributed by atoms with van der Waals surface area (Å²) in [4.78, 5) is 0. The van der Waals surface area contributed by atoms with Gasteiger partial charge in [-0.25, -0.2) is 0 Å². The van der Waals surface area contributed by atoms with E-state index in [1.165, 1.54) is 72.6 Å². The van der Waals surface area contributed by atoms with E-state index in [0.29, 0.717) is 19.1 Å². The molecule has 0 aromatic rings. The van der Waals surface area contributed by atoms with Gasteiger partial charge in [-0.1, -0.05) is 63.5 Å². The normalized spacial score (nSPS) is 26.5. The summed E-state index contributed by atoms with van der Waals surface area (Å²) in [6, 6.07) is 0. The van der Waals surface area contributed by atoms with E-state index in [1.807, 2.05) is 11.8 Å². The van der Waals surface area contributed by atoms with Crippen molar-refractivity contribution in [1.29, 1.82) is 0 Å². The number of thioether (sulfide) groups is 1. The summed E-state index contributed by atoms with van der Waals surface area (Å²) < 4.78 is 14.7. The van der Waals surface area contributed by atoms with E-state index in [0.717, 1.165) is 0 Å². The highest BCUT2D eigenvalue weighted by Gasteiger charge is 2.36. The van der Waals surface area contributed by atoms with Gasteiger partial charge < -0.3 is 9.05 Å². The standard InChI is InChI=1S/C19H31O2PS4/c1-19(2)13-20-22(24,21-14-19)26-18(16-11-7-4-8-12-16)25-17(23)15-9-5-3-6-10-15/h15H,3-14H2,1-2H3. The van der Waals surface area contributed by atoms with Crippen LogP contribution in [0.3, 0.4) is 0 Å². The molecule has 0 spiro atoms.